The van der Waals surface area contributed by atoms with E-state index in [-0.39, 0.29) is 23.8 Å². The number of halogens is 1. The van der Waals surface area contributed by atoms with E-state index in [4.69, 9.17) is 4.52 Å². The molecule has 1 aromatic heterocycles. The minimum atomic E-state index is -0.259. The average Bonchev–Trinajstić information content (AvgIpc) is 3.29. The molecular weight excluding hydrogens is 309 g/mol. The summed E-state index contributed by atoms with van der Waals surface area (Å²) in [6.45, 7) is 3.67. The Kier molecular flexibility index (Phi) is 4.92. The van der Waals surface area contributed by atoms with E-state index < -0.39 is 0 Å². The van der Waals surface area contributed by atoms with Gasteiger partial charge >= 0.3 is 0 Å². The maximum atomic E-state index is 14.1. The van der Waals surface area contributed by atoms with Gasteiger partial charge in [0.2, 0.25) is 11.8 Å². The molecule has 1 saturated carbocycles. The second-order valence-corrected chi connectivity index (χ2v) is 6.32. The summed E-state index contributed by atoms with van der Waals surface area (Å²) in [6.07, 6.45) is 3.62. The molecule has 1 fully saturated rings. The van der Waals surface area contributed by atoms with Crippen molar-refractivity contribution >= 4 is 5.91 Å². The first kappa shape index (κ1) is 16.6. The van der Waals surface area contributed by atoms with Gasteiger partial charge in [0.05, 0.1) is 6.04 Å². The van der Waals surface area contributed by atoms with Crippen molar-refractivity contribution < 1.29 is 13.7 Å². The van der Waals surface area contributed by atoms with Crippen LogP contribution in [0.5, 0.6) is 0 Å². The van der Waals surface area contributed by atoms with Gasteiger partial charge in [-0.2, -0.15) is 4.98 Å². The lowest BCUT2D eigenvalue weighted by atomic mass is 10.0. The molecule has 1 aliphatic carbocycles. The highest BCUT2D eigenvalue weighted by Gasteiger charge is 2.36. The van der Waals surface area contributed by atoms with E-state index >= 15 is 0 Å². The van der Waals surface area contributed by atoms with Crippen molar-refractivity contribution in [2.75, 3.05) is 0 Å². The van der Waals surface area contributed by atoms with Gasteiger partial charge in [-0.15, -0.1) is 0 Å². The lowest BCUT2D eigenvalue weighted by Gasteiger charge is -2.30. The van der Waals surface area contributed by atoms with Crippen LogP contribution in [0.4, 0.5) is 4.39 Å². The molecular formula is C18H22FN3O2. The molecule has 0 unspecified atom stereocenters. The Bertz CT molecular complexity index is 712. The van der Waals surface area contributed by atoms with E-state index in [1.54, 1.807) is 19.1 Å². The number of carbonyl (C=O) groups excluding carboxylic acids is 1. The van der Waals surface area contributed by atoms with Gasteiger partial charge < -0.3 is 9.42 Å². The number of carbonyl (C=O) groups is 1. The van der Waals surface area contributed by atoms with Crippen molar-refractivity contribution in [3.05, 3.63) is 47.4 Å². The Hall–Kier alpha value is -2.24. The maximum Gasteiger partial charge on any atom is 0.226 e. The highest BCUT2D eigenvalue weighted by molar-refractivity contribution is 5.77. The van der Waals surface area contributed by atoms with Gasteiger partial charge in [0, 0.05) is 24.4 Å². The number of rotatable bonds is 7. The Labute approximate surface area is 140 Å². The first-order valence-corrected chi connectivity index (χ1v) is 8.41. The van der Waals surface area contributed by atoms with Gasteiger partial charge in [-0.1, -0.05) is 23.4 Å². The number of benzene rings is 1. The van der Waals surface area contributed by atoms with E-state index in [0.717, 1.165) is 12.8 Å². The van der Waals surface area contributed by atoms with Gasteiger partial charge in [-0.05, 0) is 39.2 Å². The molecule has 0 spiro atoms. The summed E-state index contributed by atoms with van der Waals surface area (Å²) in [4.78, 5) is 18.7. The van der Waals surface area contributed by atoms with E-state index in [1.165, 1.54) is 6.07 Å². The Morgan fingerprint density at radius 1 is 1.42 bits per heavy atom. The van der Waals surface area contributed by atoms with Crippen LogP contribution in [0.15, 0.2) is 28.8 Å². The van der Waals surface area contributed by atoms with Crippen LogP contribution in [0.25, 0.3) is 0 Å². The summed E-state index contributed by atoms with van der Waals surface area (Å²) in [5, 5.41) is 3.74. The molecule has 3 rings (SSSR count). The van der Waals surface area contributed by atoms with Crippen molar-refractivity contribution in [2.45, 2.75) is 58.0 Å². The van der Waals surface area contributed by atoms with Gasteiger partial charge in [-0.25, -0.2) is 4.39 Å². The number of hydrogen-bond donors (Lipinski definition) is 0. The molecule has 1 atom stereocenters. The third-order valence-corrected chi connectivity index (χ3v) is 4.35. The van der Waals surface area contributed by atoms with Crippen LogP contribution in [0, 0.1) is 12.7 Å². The largest absolute Gasteiger partial charge is 0.339 e. The van der Waals surface area contributed by atoms with Crippen LogP contribution in [-0.4, -0.2) is 27.0 Å². The Balaban J connectivity index is 1.62. The fourth-order valence-electron chi connectivity index (χ4n) is 3.01. The molecule has 0 aliphatic heterocycles. The van der Waals surface area contributed by atoms with Crippen LogP contribution in [0.1, 0.15) is 55.9 Å². The zero-order valence-electron chi connectivity index (χ0n) is 14.0. The fourth-order valence-corrected chi connectivity index (χ4v) is 3.01. The fraction of sp³-hybridized carbons (Fsp3) is 0.500. The smallest absolute Gasteiger partial charge is 0.226 e. The molecule has 24 heavy (non-hydrogen) atoms. The minimum Gasteiger partial charge on any atom is -0.339 e. The first-order chi connectivity index (χ1) is 11.6. The molecule has 0 radical (unpaired) electrons. The number of nitrogens with zero attached hydrogens (tertiary/aromatic N) is 3. The lowest BCUT2D eigenvalue weighted by Crippen LogP contribution is -2.35. The highest BCUT2D eigenvalue weighted by atomic mass is 19.1. The predicted octanol–water partition coefficient (Wildman–Crippen LogP) is 3.59. The van der Waals surface area contributed by atoms with E-state index in [1.807, 2.05) is 17.9 Å². The maximum absolute atomic E-state index is 14.1. The topological polar surface area (TPSA) is 59.2 Å². The summed E-state index contributed by atoms with van der Waals surface area (Å²) < 4.78 is 19.1. The SMILES string of the molecule is Cc1noc(CCCC(=O)N(C2CC2)[C@@H](C)c2ccccc2F)n1. The van der Waals surface area contributed by atoms with Gasteiger partial charge in [0.15, 0.2) is 5.82 Å². The molecule has 0 saturated heterocycles. The van der Waals surface area contributed by atoms with Crippen LogP contribution in [0.2, 0.25) is 0 Å². The van der Waals surface area contributed by atoms with Crippen LogP contribution >= 0.6 is 0 Å². The van der Waals surface area contributed by atoms with Crippen molar-refractivity contribution in [3.63, 3.8) is 0 Å². The summed E-state index contributed by atoms with van der Waals surface area (Å²) in [5.41, 5.74) is 0.574. The third kappa shape index (κ3) is 3.80. The zero-order chi connectivity index (χ0) is 17.1. The minimum absolute atomic E-state index is 0.0597. The van der Waals surface area contributed by atoms with Crippen molar-refractivity contribution in [1.82, 2.24) is 15.0 Å². The normalized spacial score (nSPS) is 15.3. The summed E-state index contributed by atoms with van der Waals surface area (Å²) >= 11 is 0. The molecule has 5 nitrogen and oxygen atoms in total. The monoisotopic (exact) mass is 331 g/mol. The van der Waals surface area contributed by atoms with Gasteiger partial charge in [0.1, 0.15) is 5.82 Å². The second kappa shape index (κ2) is 7.11. The Morgan fingerprint density at radius 3 is 2.79 bits per heavy atom. The molecule has 6 heteroatoms. The number of aromatic nitrogens is 2. The molecule has 1 heterocycles. The molecule has 1 aliphatic rings. The quantitative estimate of drug-likeness (QED) is 0.778. The molecule has 1 amide bonds. The van der Waals surface area contributed by atoms with Crippen LogP contribution in [-0.2, 0) is 11.2 Å². The van der Waals surface area contributed by atoms with Crippen molar-refractivity contribution in [3.8, 4) is 0 Å². The van der Waals surface area contributed by atoms with Crippen molar-refractivity contribution in [2.24, 2.45) is 0 Å². The van der Waals surface area contributed by atoms with Crippen LogP contribution in [0.3, 0.4) is 0 Å². The number of aryl methyl sites for hydroxylation is 2. The van der Waals surface area contributed by atoms with E-state index in [0.29, 0.717) is 36.5 Å². The standard InChI is InChI=1S/C18H22FN3O2/c1-12(15-6-3-4-7-16(15)19)22(14-10-11-14)18(23)9-5-8-17-20-13(2)21-24-17/h3-4,6-7,12,14H,5,8-11H2,1-2H3/t12-/m0/s1. The second-order valence-electron chi connectivity index (χ2n) is 6.32. The highest BCUT2D eigenvalue weighted by Crippen LogP contribution is 2.35. The number of amides is 1. The summed E-state index contributed by atoms with van der Waals surface area (Å²) in [7, 11) is 0. The zero-order valence-corrected chi connectivity index (χ0v) is 14.0. The summed E-state index contributed by atoms with van der Waals surface area (Å²) in [6, 6.07) is 6.65. The van der Waals surface area contributed by atoms with Crippen molar-refractivity contribution in [1.29, 1.82) is 0 Å². The number of hydrogen-bond acceptors (Lipinski definition) is 4. The summed E-state index contributed by atoms with van der Waals surface area (Å²) in [5.74, 6) is 0.957. The Morgan fingerprint density at radius 2 is 2.17 bits per heavy atom. The van der Waals surface area contributed by atoms with E-state index in [9.17, 15) is 9.18 Å². The molecule has 2 aromatic rings. The molecule has 0 bridgehead atoms. The first-order valence-electron chi connectivity index (χ1n) is 8.41. The molecule has 0 N–H and O–H groups in total. The molecule has 128 valence electrons. The lowest BCUT2D eigenvalue weighted by molar-refractivity contribution is -0.134. The molecule has 1 aromatic carbocycles. The van der Waals surface area contributed by atoms with Crippen LogP contribution < -0.4 is 0 Å². The van der Waals surface area contributed by atoms with Gasteiger partial charge in [-0.3, -0.25) is 4.79 Å². The predicted molar refractivity (Wildman–Crippen MR) is 86.7 cm³/mol. The van der Waals surface area contributed by atoms with E-state index in [2.05, 4.69) is 10.1 Å². The average molecular weight is 331 g/mol. The third-order valence-electron chi connectivity index (χ3n) is 4.35. The van der Waals surface area contributed by atoms with Gasteiger partial charge in [0.25, 0.3) is 0 Å².